The van der Waals surface area contributed by atoms with E-state index in [0.717, 1.165) is 66.0 Å². The number of nitrogens with zero attached hydrogens (tertiary/aromatic N) is 6. The van der Waals surface area contributed by atoms with Crippen molar-refractivity contribution in [1.29, 1.82) is 0 Å². The van der Waals surface area contributed by atoms with E-state index in [2.05, 4.69) is 86.7 Å². The van der Waals surface area contributed by atoms with Crippen molar-refractivity contribution in [3.8, 4) is 11.3 Å². The predicted molar refractivity (Wildman–Crippen MR) is 138 cm³/mol. The number of benzene rings is 1. The van der Waals surface area contributed by atoms with Crippen LogP contribution in [0.5, 0.6) is 0 Å². The summed E-state index contributed by atoms with van der Waals surface area (Å²) in [6.07, 6.45) is 5.30. The van der Waals surface area contributed by atoms with E-state index in [1.165, 1.54) is 0 Å². The molecule has 2 heterocycles. The molecule has 0 spiro atoms. The summed E-state index contributed by atoms with van der Waals surface area (Å²) < 4.78 is 0. The van der Waals surface area contributed by atoms with E-state index in [4.69, 9.17) is 4.98 Å². The summed E-state index contributed by atoms with van der Waals surface area (Å²) in [5.41, 5.74) is 4.25. The third-order valence-electron chi connectivity index (χ3n) is 5.40. The fraction of sp³-hybridized carbons (Fsp3) is 0.320. The van der Waals surface area contributed by atoms with Crippen LogP contribution >= 0.6 is 0 Å². The largest absolute Gasteiger partial charge is 0.378 e. The molecule has 1 N–H and O–H groups in total. The van der Waals surface area contributed by atoms with Crippen LogP contribution in [0.3, 0.4) is 0 Å². The van der Waals surface area contributed by atoms with E-state index in [1.54, 1.807) is 12.4 Å². The molecule has 1 aromatic heterocycles. The minimum atomic E-state index is 0.724. The van der Waals surface area contributed by atoms with Crippen molar-refractivity contribution in [2.75, 3.05) is 48.9 Å². The number of anilines is 3. The third-order valence-corrected chi connectivity index (χ3v) is 5.40. The zero-order valence-electron chi connectivity index (χ0n) is 19.5. The van der Waals surface area contributed by atoms with Crippen LogP contribution in [0.2, 0.25) is 0 Å². The summed E-state index contributed by atoms with van der Waals surface area (Å²) in [6.45, 7) is 11.4. The summed E-state index contributed by atoms with van der Waals surface area (Å²) >= 11 is 0. The average Bonchev–Trinajstić information content (AvgIpc) is 2.77. The van der Waals surface area contributed by atoms with Crippen LogP contribution in [-0.2, 0) is 0 Å². The highest BCUT2D eigenvalue weighted by Gasteiger charge is 2.22. The number of hydrogen-bond donors (Lipinski definition) is 1. The smallest absolute Gasteiger partial charge is 0.158 e. The summed E-state index contributed by atoms with van der Waals surface area (Å²) in [5.74, 6) is 2.37. The third kappa shape index (κ3) is 5.55. The Labute approximate surface area is 191 Å². The van der Waals surface area contributed by atoms with Gasteiger partial charge >= 0.3 is 0 Å². The summed E-state index contributed by atoms with van der Waals surface area (Å²) in [7, 11) is 6.21. The van der Waals surface area contributed by atoms with Gasteiger partial charge in [0.05, 0.1) is 11.4 Å². The molecule has 0 unspecified atom stereocenters. The van der Waals surface area contributed by atoms with Crippen LogP contribution in [0.25, 0.3) is 11.3 Å². The fourth-order valence-electron chi connectivity index (χ4n) is 3.65. The van der Waals surface area contributed by atoms with Gasteiger partial charge in [0, 0.05) is 57.9 Å². The molecule has 0 amide bonds. The number of hydrogen-bond acceptors (Lipinski definition) is 6. The molecule has 1 aromatic carbocycles. The quantitative estimate of drug-likeness (QED) is 0.539. The Bertz CT molecular complexity index is 1020. The Hall–Kier alpha value is -3.61. The Morgan fingerprint density at radius 2 is 1.94 bits per heavy atom. The SMILES string of the molecule is C=N/C=C\N=C(C)NC(=C)N1CCCCN(C)c2ccc(-c3cccc(N(C)C)c3)nc21. The lowest BCUT2D eigenvalue weighted by atomic mass is 10.1. The molecule has 0 aliphatic carbocycles. The zero-order valence-corrected chi connectivity index (χ0v) is 19.5. The van der Waals surface area contributed by atoms with Gasteiger partial charge in [-0.25, -0.2) is 9.98 Å². The van der Waals surface area contributed by atoms with Crippen molar-refractivity contribution in [2.45, 2.75) is 19.8 Å². The van der Waals surface area contributed by atoms with Gasteiger partial charge in [-0.3, -0.25) is 4.99 Å². The maximum absolute atomic E-state index is 5.11. The normalized spacial score (nSPS) is 14.6. The van der Waals surface area contributed by atoms with Gasteiger partial charge in [-0.05, 0) is 50.7 Å². The Kier molecular flexibility index (Phi) is 7.65. The minimum Gasteiger partial charge on any atom is -0.378 e. The molecular weight excluding hydrogens is 398 g/mol. The summed E-state index contributed by atoms with van der Waals surface area (Å²) in [4.78, 5) is 19.6. The van der Waals surface area contributed by atoms with E-state index >= 15 is 0 Å². The van der Waals surface area contributed by atoms with Gasteiger partial charge in [-0.15, -0.1) is 0 Å². The molecule has 168 valence electrons. The van der Waals surface area contributed by atoms with E-state index in [-0.39, 0.29) is 0 Å². The molecular formula is C25H33N7. The second-order valence-electron chi connectivity index (χ2n) is 8.03. The van der Waals surface area contributed by atoms with Gasteiger partial charge in [0.2, 0.25) is 0 Å². The van der Waals surface area contributed by atoms with Crippen molar-refractivity contribution >= 4 is 29.7 Å². The molecule has 0 radical (unpaired) electrons. The molecule has 1 aliphatic heterocycles. The van der Waals surface area contributed by atoms with Crippen LogP contribution in [-0.4, -0.2) is 51.8 Å². The van der Waals surface area contributed by atoms with E-state index in [0.29, 0.717) is 0 Å². The van der Waals surface area contributed by atoms with Gasteiger partial charge in [-0.2, -0.15) is 0 Å². The average molecular weight is 432 g/mol. The second-order valence-corrected chi connectivity index (χ2v) is 8.03. The van der Waals surface area contributed by atoms with E-state index < -0.39 is 0 Å². The molecule has 7 heteroatoms. The van der Waals surface area contributed by atoms with Crippen LogP contribution in [0.1, 0.15) is 19.8 Å². The second kappa shape index (κ2) is 10.6. The van der Waals surface area contributed by atoms with Gasteiger partial charge in [0.1, 0.15) is 11.7 Å². The Morgan fingerprint density at radius 3 is 2.69 bits per heavy atom. The highest BCUT2D eigenvalue weighted by molar-refractivity contribution is 5.83. The molecule has 0 saturated carbocycles. The van der Waals surface area contributed by atoms with Gasteiger partial charge in [0.25, 0.3) is 0 Å². The zero-order chi connectivity index (χ0) is 23.1. The first-order valence-corrected chi connectivity index (χ1v) is 10.8. The highest BCUT2D eigenvalue weighted by atomic mass is 15.3. The first-order valence-electron chi connectivity index (χ1n) is 10.8. The van der Waals surface area contributed by atoms with Crippen molar-refractivity contribution in [3.05, 3.63) is 61.2 Å². The van der Waals surface area contributed by atoms with Gasteiger partial charge in [-0.1, -0.05) is 18.7 Å². The van der Waals surface area contributed by atoms with Crippen molar-refractivity contribution in [3.63, 3.8) is 0 Å². The minimum absolute atomic E-state index is 0.724. The molecule has 2 aromatic rings. The number of fused-ring (bicyclic) bond motifs is 1. The molecule has 0 saturated heterocycles. The van der Waals surface area contributed by atoms with Crippen molar-refractivity contribution in [2.24, 2.45) is 9.98 Å². The topological polar surface area (TPSA) is 59.4 Å². The molecule has 3 rings (SSSR count). The van der Waals surface area contributed by atoms with Crippen LogP contribution < -0.4 is 20.0 Å². The molecule has 0 atom stereocenters. The number of amidine groups is 1. The van der Waals surface area contributed by atoms with E-state index in [1.807, 2.05) is 21.0 Å². The molecule has 32 heavy (non-hydrogen) atoms. The number of nitrogens with one attached hydrogen (secondary N) is 1. The Morgan fingerprint density at radius 1 is 1.16 bits per heavy atom. The lowest BCUT2D eigenvalue weighted by molar-refractivity contribution is 0.679. The monoisotopic (exact) mass is 431 g/mol. The number of pyridine rings is 1. The molecule has 0 fully saturated rings. The number of aliphatic imine (C=N–C) groups is 2. The Balaban J connectivity index is 2.00. The highest BCUT2D eigenvalue weighted by Crippen LogP contribution is 2.34. The molecule has 7 nitrogen and oxygen atoms in total. The van der Waals surface area contributed by atoms with Crippen molar-refractivity contribution in [1.82, 2.24) is 10.3 Å². The molecule has 0 bridgehead atoms. The lowest BCUT2D eigenvalue weighted by Crippen LogP contribution is -2.37. The number of aromatic nitrogens is 1. The summed E-state index contributed by atoms with van der Waals surface area (Å²) in [5, 5.41) is 3.30. The number of rotatable bonds is 6. The summed E-state index contributed by atoms with van der Waals surface area (Å²) in [6, 6.07) is 12.7. The first-order chi connectivity index (χ1) is 15.4. The van der Waals surface area contributed by atoms with Crippen LogP contribution in [0.15, 0.2) is 71.2 Å². The van der Waals surface area contributed by atoms with E-state index in [9.17, 15) is 0 Å². The van der Waals surface area contributed by atoms with Gasteiger partial charge in [0.15, 0.2) is 5.82 Å². The molecule has 1 aliphatic rings. The maximum atomic E-state index is 5.11. The van der Waals surface area contributed by atoms with Gasteiger partial charge < -0.3 is 20.0 Å². The predicted octanol–water partition coefficient (Wildman–Crippen LogP) is 4.50. The van der Waals surface area contributed by atoms with Crippen LogP contribution in [0.4, 0.5) is 17.2 Å². The maximum Gasteiger partial charge on any atom is 0.158 e. The lowest BCUT2D eigenvalue weighted by Gasteiger charge is -2.33. The van der Waals surface area contributed by atoms with Crippen LogP contribution in [0, 0.1) is 0 Å². The first kappa shape index (κ1) is 23.1. The fourth-order valence-corrected chi connectivity index (χ4v) is 3.65. The standard InChI is InChI=1S/C25H33N7/c1-19(27-15-14-26-3)28-20(2)32-17-8-7-16-31(6)24-13-12-23(29-25(24)32)21-10-9-11-22(18-21)30(4)5/h9-15,18H,2-3,7-8,16-17H2,1,4-6H3,(H,27,28)/b15-14-. The van der Waals surface area contributed by atoms with Crippen molar-refractivity contribution < 1.29 is 0 Å².